The van der Waals surface area contributed by atoms with Gasteiger partial charge in [0.15, 0.2) is 17.0 Å². The van der Waals surface area contributed by atoms with E-state index in [-0.39, 0.29) is 6.61 Å². The van der Waals surface area contributed by atoms with Gasteiger partial charge in [-0.25, -0.2) is 15.0 Å². The fourth-order valence-electron chi connectivity index (χ4n) is 1.60. The Bertz CT molecular complexity index is 595. The molecule has 2 heterocycles. The zero-order valence-corrected chi connectivity index (χ0v) is 14.5. The van der Waals surface area contributed by atoms with Crippen LogP contribution < -0.4 is 4.90 Å². The molecule has 6 heteroatoms. The van der Waals surface area contributed by atoms with Crippen LogP contribution in [0.5, 0.6) is 0 Å². The monoisotopic (exact) mass is 305 g/mol. The first-order valence-corrected chi connectivity index (χ1v) is 7.63. The second kappa shape index (κ2) is 11.5. The molecule has 0 radical (unpaired) electrons. The predicted molar refractivity (Wildman–Crippen MR) is 91.8 cm³/mol. The number of fused-ring (bicyclic) bond motifs is 1. The van der Waals surface area contributed by atoms with Crippen LogP contribution in [0.25, 0.3) is 11.2 Å². The molecule has 2 aromatic rings. The molecule has 0 atom stereocenters. The van der Waals surface area contributed by atoms with E-state index in [4.69, 9.17) is 5.11 Å². The molecule has 0 aliphatic carbocycles. The van der Waals surface area contributed by atoms with Crippen LogP contribution in [-0.4, -0.2) is 45.3 Å². The maximum Gasteiger partial charge on any atom is 0.166 e. The third-order valence-electron chi connectivity index (χ3n) is 2.42. The second-order valence-electron chi connectivity index (χ2n) is 3.96. The van der Waals surface area contributed by atoms with E-state index in [0.29, 0.717) is 13.0 Å². The molecule has 0 saturated heterocycles. The number of rotatable bonds is 3. The second-order valence-corrected chi connectivity index (χ2v) is 3.96. The number of aromatic nitrogens is 4. The molecule has 122 valence electrons. The van der Waals surface area contributed by atoms with Gasteiger partial charge in [-0.1, -0.05) is 39.5 Å². The van der Waals surface area contributed by atoms with E-state index >= 15 is 0 Å². The van der Waals surface area contributed by atoms with Gasteiger partial charge >= 0.3 is 0 Å². The highest BCUT2D eigenvalue weighted by Crippen LogP contribution is 2.18. The molecule has 0 saturated carbocycles. The highest BCUT2D eigenvalue weighted by atomic mass is 16.2. The first-order chi connectivity index (χ1) is 10.7. The molecule has 0 unspecified atom stereocenters. The molecular formula is C16H27N5O. The van der Waals surface area contributed by atoms with E-state index in [1.165, 1.54) is 6.33 Å². The Balaban J connectivity index is 0.00000102. The van der Waals surface area contributed by atoms with Gasteiger partial charge in [0.2, 0.25) is 0 Å². The van der Waals surface area contributed by atoms with Gasteiger partial charge in [0.25, 0.3) is 0 Å². The molecule has 0 fully saturated rings. The van der Waals surface area contributed by atoms with Crippen LogP contribution in [0.2, 0.25) is 0 Å². The maximum atomic E-state index is 8.64. The summed E-state index contributed by atoms with van der Waals surface area (Å²) >= 11 is 0. The number of imidazole rings is 1. The Morgan fingerprint density at radius 1 is 1.09 bits per heavy atom. The van der Waals surface area contributed by atoms with Crippen LogP contribution >= 0.6 is 0 Å². The normalized spacial score (nSPS) is 8.86. The van der Waals surface area contributed by atoms with Gasteiger partial charge in [0, 0.05) is 20.5 Å². The summed E-state index contributed by atoms with van der Waals surface area (Å²) in [7, 11) is 3.84. The predicted octanol–water partition coefficient (Wildman–Crippen LogP) is 2.33. The minimum absolute atomic E-state index is 0.0879. The van der Waals surface area contributed by atoms with Crippen LogP contribution in [0.3, 0.4) is 0 Å². The molecular weight excluding hydrogens is 278 g/mol. The van der Waals surface area contributed by atoms with E-state index in [2.05, 4.69) is 26.8 Å². The standard InChI is InChI=1S/C12H15N5O.2C2H6/c1-16(2)11-10-12(14-8-13-11)17(9-15-10)6-4-3-5-7-18;2*1-2/h8-9,18H,5-7H2,1-2H3;2*1-2H3. The highest BCUT2D eigenvalue weighted by molar-refractivity contribution is 5.83. The Labute approximate surface area is 133 Å². The van der Waals surface area contributed by atoms with Gasteiger partial charge in [-0.2, -0.15) is 0 Å². The van der Waals surface area contributed by atoms with E-state index in [9.17, 15) is 0 Å². The van der Waals surface area contributed by atoms with E-state index in [1.54, 1.807) is 6.33 Å². The zero-order valence-electron chi connectivity index (χ0n) is 14.5. The highest BCUT2D eigenvalue weighted by Gasteiger charge is 2.10. The van der Waals surface area contributed by atoms with Gasteiger partial charge in [-0.3, -0.25) is 0 Å². The van der Waals surface area contributed by atoms with Crippen LogP contribution in [0.4, 0.5) is 5.82 Å². The Kier molecular flexibility index (Phi) is 10.4. The molecule has 0 aliphatic heterocycles. The number of nitrogens with zero attached hydrogens (tertiary/aromatic N) is 5. The average Bonchev–Trinajstić information content (AvgIpc) is 2.98. The molecule has 0 amide bonds. The number of anilines is 1. The van der Waals surface area contributed by atoms with Gasteiger partial charge in [0.05, 0.1) is 19.5 Å². The molecule has 22 heavy (non-hydrogen) atoms. The maximum absolute atomic E-state index is 8.64. The average molecular weight is 305 g/mol. The van der Waals surface area contributed by atoms with Crippen molar-refractivity contribution in [2.75, 3.05) is 25.6 Å². The molecule has 0 spiro atoms. The van der Waals surface area contributed by atoms with Crippen molar-refractivity contribution >= 4 is 17.0 Å². The van der Waals surface area contributed by atoms with E-state index in [0.717, 1.165) is 17.0 Å². The number of hydrogen-bond donors (Lipinski definition) is 1. The van der Waals surface area contributed by atoms with Crippen molar-refractivity contribution in [1.29, 1.82) is 0 Å². The summed E-state index contributed by atoms with van der Waals surface area (Å²) in [5.74, 6) is 6.64. The van der Waals surface area contributed by atoms with Gasteiger partial charge in [-0.05, 0) is 0 Å². The lowest BCUT2D eigenvalue weighted by molar-refractivity contribution is 0.305. The first kappa shape index (κ1) is 19.9. The van der Waals surface area contributed by atoms with E-state index in [1.807, 2.05) is 51.3 Å². The molecule has 0 bridgehead atoms. The smallest absolute Gasteiger partial charge is 0.166 e. The minimum Gasteiger partial charge on any atom is -0.395 e. The lowest BCUT2D eigenvalue weighted by Crippen LogP contribution is -2.11. The van der Waals surface area contributed by atoms with Crippen LogP contribution in [0, 0.1) is 11.8 Å². The largest absolute Gasteiger partial charge is 0.395 e. The van der Waals surface area contributed by atoms with Crippen molar-refractivity contribution in [3.8, 4) is 11.8 Å². The van der Waals surface area contributed by atoms with Crippen molar-refractivity contribution in [1.82, 2.24) is 19.5 Å². The quantitative estimate of drug-likeness (QED) is 0.882. The summed E-state index contributed by atoms with van der Waals surface area (Å²) < 4.78 is 1.87. The molecule has 0 aliphatic rings. The molecule has 1 N–H and O–H groups in total. The molecule has 2 rings (SSSR count). The Morgan fingerprint density at radius 2 is 1.77 bits per heavy atom. The number of aliphatic hydroxyl groups excluding tert-OH is 1. The summed E-state index contributed by atoms with van der Waals surface area (Å²) in [6.45, 7) is 8.60. The van der Waals surface area contributed by atoms with Gasteiger partial charge in [0.1, 0.15) is 6.33 Å². The van der Waals surface area contributed by atoms with Gasteiger partial charge in [-0.15, -0.1) is 0 Å². The fourth-order valence-corrected chi connectivity index (χ4v) is 1.60. The van der Waals surface area contributed by atoms with E-state index < -0.39 is 0 Å². The van der Waals surface area contributed by atoms with Crippen molar-refractivity contribution in [3.05, 3.63) is 12.7 Å². The van der Waals surface area contributed by atoms with Gasteiger partial charge < -0.3 is 14.6 Å². The lowest BCUT2D eigenvalue weighted by Gasteiger charge is -2.10. The summed E-state index contributed by atoms with van der Waals surface area (Å²) in [6, 6.07) is 0. The van der Waals surface area contributed by atoms with Crippen molar-refractivity contribution in [2.45, 2.75) is 40.7 Å². The Morgan fingerprint density at radius 3 is 2.36 bits per heavy atom. The van der Waals surface area contributed by atoms with Crippen molar-refractivity contribution in [2.24, 2.45) is 0 Å². The minimum atomic E-state index is 0.0879. The summed E-state index contributed by atoms with van der Waals surface area (Å²) in [4.78, 5) is 14.6. The molecule has 6 nitrogen and oxygen atoms in total. The first-order valence-electron chi connectivity index (χ1n) is 7.63. The topological polar surface area (TPSA) is 67.1 Å². The zero-order chi connectivity index (χ0) is 17.0. The number of aliphatic hydroxyl groups is 1. The summed E-state index contributed by atoms with van der Waals surface area (Å²) in [5.41, 5.74) is 1.54. The molecule has 0 aromatic carbocycles. The summed E-state index contributed by atoms with van der Waals surface area (Å²) in [5, 5.41) is 8.64. The third kappa shape index (κ3) is 5.34. The molecule has 2 aromatic heterocycles. The Hall–Kier alpha value is -2.13. The SMILES string of the molecule is CC.CC.CN(C)c1ncnc2c1ncn2CC#CCCO. The van der Waals surface area contributed by atoms with Crippen LogP contribution in [-0.2, 0) is 6.54 Å². The fraction of sp³-hybridized carbons (Fsp3) is 0.562. The van der Waals surface area contributed by atoms with Crippen LogP contribution in [0.1, 0.15) is 34.1 Å². The summed E-state index contributed by atoms with van der Waals surface area (Å²) in [6.07, 6.45) is 3.72. The lowest BCUT2D eigenvalue weighted by atomic mass is 10.4. The third-order valence-corrected chi connectivity index (χ3v) is 2.42. The van der Waals surface area contributed by atoms with Crippen LogP contribution in [0.15, 0.2) is 12.7 Å². The van der Waals surface area contributed by atoms with Crippen molar-refractivity contribution in [3.63, 3.8) is 0 Å². The number of hydrogen-bond acceptors (Lipinski definition) is 5. The van der Waals surface area contributed by atoms with Crippen molar-refractivity contribution < 1.29 is 5.11 Å².